The summed E-state index contributed by atoms with van der Waals surface area (Å²) in [5.41, 5.74) is 2.15. The average Bonchev–Trinajstić information content (AvgIpc) is 2.99. The van der Waals surface area contributed by atoms with Gasteiger partial charge in [0.05, 0.1) is 56.2 Å². The molecule has 10 nitrogen and oxygen atoms in total. The SMILES string of the molecule is COc1cc(OC)c2c(c1)O[C@H](c1cc(OC)c(OC)c(OC)c1)[C@H](OC(=O)Cc1ccc(OC)c(OC)c1)C2. The minimum absolute atomic E-state index is 0.0193. The first-order chi connectivity index (χ1) is 19.4. The molecule has 0 amide bonds. The molecule has 3 aromatic carbocycles. The normalized spacial score (nSPS) is 15.7. The Kier molecular flexibility index (Phi) is 8.98. The Balaban J connectivity index is 1.72. The predicted octanol–water partition coefficient (Wildman–Crippen LogP) is 4.58. The molecule has 1 heterocycles. The monoisotopic (exact) mass is 554 g/mol. The van der Waals surface area contributed by atoms with Crippen LogP contribution in [0.25, 0.3) is 0 Å². The third-order valence-corrected chi connectivity index (χ3v) is 6.69. The summed E-state index contributed by atoms with van der Waals surface area (Å²) >= 11 is 0. The van der Waals surface area contributed by atoms with E-state index in [0.29, 0.717) is 63.5 Å². The van der Waals surface area contributed by atoms with Crippen LogP contribution in [0.1, 0.15) is 22.8 Å². The van der Waals surface area contributed by atoms with E-state index in [-0.39, 0.29) is 6.42 Å². The van der Waals surface area contributed by atoms with Crippen molar-refractivity contribution >= 4 is 5.97 Å². The van der Waals surface area contributed by atoms with Gasteiger partial charge in [-0.3, -0.25) is 4.79 Å². The summed E-state index contributed by atoms with van der Waals surface area (Å²) in [6.07, 6.45) is -1.05. The van der Waals surface area contributed by atoms with Gasteiger partial charge in [0.25, 0.3) is 0 Å². The van der Waals surface area contributed by atoms with Crippen molar-refractivity contribution in [3.05, 3.63) is 59.2 Å². The number of carbonyl (C=O) groups is 1. The van der Waals surface area contributed by atoms with Crippen LogP contribution >= 0.6 is 0 Å². The molecule has 0 saturated heterocycles. The summed E-state index contributed by atoms with van der Waals surface area (Å²) in [7, 11) is 10.8. The zero-order valence-electron chi connectivity index (χ0n) is 23.7. The average molecular weight is 555 g/mol. The standard InChI is InChI=1S/C30H34O10/c1-32-19-14-22(34-3)20-16-27(39-28(31)11-17-8-9-21(33-2)24(10-17)35-4)29(40-23(20)15-19)18-12-25(36-5)30(38-7)26(13-18)37-6/h8-10,12-15,27,29H,11,16H2,1-7H3/t27-,29-/m1/s1. The molecule has 0 radical (unpaired) electrons. The van der Waals surface area contributed by atoms with Gasteiger partial charge in [-0.2, -0.15) is 0 Å². The Morgan fingerprint density at radius 3 is 1.95 bits per heavy atom. The smallest absolute Gasteiger partial charge is 0.310 e. The van der Waals surface area contributed by atoms with E-state index in [1.807, 2.05) is 0 Å². The Morgan fingerprint density at radius 1 is 0.725 bits per heavy atom. The molecule has 1 aliphatic rings. The first-order valence-electron chi connectivity index (χ1n) is 12.5. The van der Waals surface area contributed by atoms with Crippen molar-refractivity contribution in [3.63, 3.8) is 0 Å². The van der Waals surface area contributed by atoms with E-state index in [4.69, 9.17) is 42.6 Å². The molecule has 1 aliphatic heterocycles. The van der Waals surface area contributed by atoms with E-state index >= 15 is 0 Å². The highest BCUT2D eigenvalue weighted by molar-refractivity contribution is 5.73. The minimum atomic E-state index is -0.703. The summed E-state index contributed by atoms with van der Waals surface area (Å²) in [4.78, 5) is 13.3. The van der Waals surface area contributed by atoms with Gasteiger partial charge in [0, 0.05) is 29.7 Å². The number of carbonyl (C=O) groups excluding carboxylic acids is 1. The molecule has 0 bridgehead atoms. The molecule has 0 aliphatic carbocycles. The zero-order valence-corrected chi connectivity index (χ0v) is 23.7. The van der Waals surface area contributed by atoms with Crippen molar-refractivity contribution in [2.75, 3.05) is 49.8 Å². The largest absolute Gasteiger partial charge is 0.496 e. The van der Waals surface area contributed by atoms with Gasteiger partial charge in [0.2, 0.25) is 5.75 Å². The van der Waals surface area contributed by atoms with Crippen molar-refractivity contribution < 1.29 is 47.4 Å². The van der Waals surface area contributed by atoms with Gasteiger partial charge >= 0.3 is 5.97 Å². The topological polar surface area (TPSA) is 100 Å². The fourth-order valence-corrected chi connectivity index (χ4v) is 4.74. The maximum Gasteiger partial charge on any atom is 0.310 e. The molecular formula is C30H34O10. The van der Waals surface area contributed by atoms with Crippen LogP contribution in [0.2, 0.25) is 0 Å². The summed E-state index contributed by atoms with van der Waals surface area (Å²) in [5, 5.41) is 0. The van der Waals surface area contributed by atoms with Crippen molar-refractivity contribution in [1.82, 2.24) is 0 Å². The number of hydrogen-bond acceptors (Lipinski definition) is 10. The zero-order chi connectivity index (χ0) is 28.8. The molecule has 214 valence electrons. The molecule has 0 unspecified atom stereocenters. The lowest BCUT2D eigenvalue weighted by atomic mass is 9.93. The molecule has 10 heteroatoms. The number of fused-ring (bicyclic) bond motifs is 1. The van der Waals surface area contributed by atoms with Crippen LogP contribution in [0.15, 0.2) is 42.5 Å². The third kappa shape index (κ3) is 5.75. The number of hydrogen-bond donors (Lipinski definition) is 0. The van der Waals surface area contributed by atoms with Gasteiger partial charge in [-0.25, -0.2) is 0 Å². The van der Waals surface area contributed by atoms with Gasteiger partial charge in [0.15, 0.2) is 29.1 Å². The Bertz CT molecular complexity index is 1330. The van der Waals surface area contributed by atoms with E-state index in [9.17, 15) is 4.79 Å². The van der Waals surface area contributed by atoms with Crippen LogP contribution in [0.5, 0.6) is 46.0 Å². The molecule has 40 heavy (non-hydrogen) atoms. The van der Waals surface area contributed by atoms with Crippen LogP contribution in [0.3, 0.4) is 0 Å². The van der Waals surface area contributed by atoms with Crippen molar-refractivity contribution in [3.8, 4) is 46.0 Å². The van der Waals surface area contributed by atoms with Crippen LogP contribution in [0, 0.1) is 0 Å². The van der Waals surface area contributed by atoms with E-state index in [2.05, 4.69) is 0 Å². The van der Waals surface area contributed by atoms with Gasteiger partial charge in [-0.1, -0.05) is 6.07 Å². The first-order valence-corrected chi connectivity index (χ1v) is 12.5. The molecule has 0 saturated carbocycles. The maximum atomic E-state index is 13.3. The maximum absolute atomic E-state index is 13.3. The highest BCUT2D eigenvalue weighted by Crippen LogP contribution is 2.46. The quantitative estimate of drug-likeness (QED) is 0.313. The minimum Gasteiger partial charge on any atom is -0.496 e. The third-order valence-electron chi connectivity index (χ3n) is 6.69. The van der Waals surface area contributed by atoms with E-state index < -0.39 is 18.2 Å². The van der Waals surface area contributed by atoms with Crippen LogP contribution in [-0.2, 0) is 22.4 Å². The van der Waals surface area contributed by atoms with Gasteiger partial charge < -0.3 is 42.6 Å². The fourth-order valence-electron chi connectivity index (χ4n) is 4.74. The second kappa shape index (κ2) is 12.6. The molecule has 0 fully saturated rings. The summed E-state index contributed by atoms with van der Waals surface area (Å²) in [6.45, 7) is 0. The predicted molar refractivity (Wildman–Crippen MR) is 146 cm³/mol. The lowest BCUT2D eigenvalue weighted by molar-refractivity contribution is -0.154. The van der Waals surface area contributed by atoms with Crippen LogP contribution in [0.4, 0.5) is 0 Å². The van der Waals surface area contributed by atoms with Gasteiger partial charge in [-0.15, -0.1) is 0 Å². The van der Waals surface area contributed by atoms with Gasteiger partial charge in [-0.05, 0) is 29.8 Å². The first kappa shape index (κ1) is 28.5. The van der Waals surface area contributed by atoms with Crippen molar-refractivity contribution in [1.29, 1.82) is 0 Å². The van der Waals surface area contributed by atoms with Crippen LogP contribution < -0.4 is 37.9 Å². The number of rotatable bonds is 11. The lowest BCUT2D eigenvalue weighted by Crippen LogP contribution is -2.35. The number of esters is 1. The lowest BCUT2D eigenvalue weighted by Gasteiger charge is -2.34. The molecule has 3 aromatic rings. The Labute approximate surface area is 233 Å². The highest BCUT2D eigenvalue weighted by Gasteiger charge is 2.37. The molecule has 0 spiro atoms. The second-order valence-electron chi connectivity index (χ2n) is 8.90. The fraction of sp³-hybridized carbons (Fsp3) is 0.367. The van der Waals surface area contributed by atoms with Crippen LogP contribution in [-0.4, -0.2) is 61.8 Å². The Morgan fingerprint density at radius 2 is 1.38 bits per heavy atom. The second-order valence-corrected chi connectivity index (χ2v) is 8.90. The van der Waals surface area contributed by atoms with Crippen molar-refractivity contribution in [2.24, 2.45) is 0 Å². The molecule has 2 atom stereocenters. The number of methoxy groups -OCH3 is 7. The Hall–Kier alpha value is -4.47. The number of benzene rings is 3. The van der Waals surface area contributed by atoms with Crippen molar-refractivity contribution in [2.45, 2.75) is 25.0 Å². The van der Waals surface area contributed by atoms with E-state index in [1.165, 1.54) is 21.3 Å². The summed E-state index contributed by atoms with van der Waals surface area (Å²) in [6, 6.07) is 12.4. The molecular weight excluding hydrogens is 520 g/mol. The highest BCUT2D eigenvalue weighted by atomic mass is 16.6. The van der Waals surface area contributed by atoms with E-state index in [0.717, 1.165) is 5.56 Å². The van der Waals surface area contributed by atoms with E-state index in [1.54, 1.807) is 70.9 Å². The van der Waals surface area contributed by atoms with Gasteiger partial charge in [0.1, 0.15) is 23.4 Å². The summed E-state index contributed by atoms with van der Waals surface area (Å²) in [5.74, 6) is 3.70. The molecule has 4 rings (SSSR count). The molecule has 0 aromatic heterocycles. The summed E-state index contributed by atoms with van der Waals surface area (Å²) < 4.78 is 50.9. The molecule has 0 N–H and O–H groups in total. The number of ether oxygens (including phenoxy) is 9.